The summed E-state index contributed by atoms with van der Waals surface area (Å²) >= 11 is 0. The molecule has 0 spiro atoms. The Morgan fingerprint density at radius 2 is 2.36 bits per heavy atom. The van der Waals surface area contributed by atoms with E-state index >= 15 is 0 Å². The van der Waals surface area contributed by atoms with Gasteiger partial charge in [0.15, 0.2) is 0 Å². The van der Waals surface area contributed by atoms with E-state index < -0.39 is 0 Å². The molecule has 2 heterocycles. The van der Waals surface area contributed by atoms with Gasteiger partial charge in [0, 0.05) is 12.7 Å². The predicted molar refractivity (Wildman–Crippen MR) is 53.7 cm³/mol. The summed E-state index contributed by atoms with van der Waals surface area (Å²) in [5.41, 5.74) is 2.09. The van der Waals surface area contributed by atoms with E-state index in [4.69, 9.17) is 0 Å². The smallest absolute Gasteiger partial charge is 0.229 e. The lowest BCUT2D eigenvalue weighted by Gasteiger charge is -2.26. The largest absolute Gasteiger partial charge is 0.351 e. The maximum Gasteiger partial charge on any atom is 0.229 e. The molecule has 1 atom stereocenters. The minimum atomic E-state index is -0.0834. The number of carbonyl (C=O) groups excluding carboxylic acids is 1. The van der Waals surface area contributed by atoms with Crippen LogP contribution in [-0.2, 0) is 11.3 Å². The summed E-state index contributed by atoms with van der Waals surface area (Å²) < 4.78 is 0. The number of hydrogen-bond acceptors (Lipinski definition) is 2. The number of pyridine rings is 1. The third-order valence-corrected chi connectivity index (χ3v) is 2.62. The molecule has 1 aromatic heterocycles. The standard InChI is InChI=1S/C11H14N2O/c1-7(2)9-10-8(4-3-5-12-10)6-13-11(9)14/h3-5,7,9H,6H2,1-2H3,(H,13,14). The molecule has 0 aromatic carbocycles. The van der Waals surface area contributed by atoms with Crippen LogP contribution in [0.5, 0.6) is 0 Å². The van der Waals surface area contributed by atoms with Gasteiger partial charge in [-0.05, 0) is 17.5 Å². The Bertz CT molecular complexity index is 360. The highest BCUT2D eigenvalue weighted by Crippen LogP contribution is 2.28. The number of amides is 1. The molecule has 1 unspecified atom stereocenters. The van der Waals surface area contributed by atoms with Crippen LogP contribution in [0.4, 0.5) is 0 Å². The van der Waals surface area contributed by atoms with Crippen molar-refractivity contribution in [2.45, 2.75) is 26.3 Å². The summed E-state index contributed by atoms with van der Waals surface area (Å²) in [7, 11) is 0. The van der Waals surface area contributed by atoms with Gasteiger partial charge in [0.05, 0.1) is 11.6 Å². The molecule has 3 nitrogen and oxygen atoms in total. The summed E-state index contributed by atoms with van der Waals surface area (Å²) in [6.07, 6.45) is 1.76. The molecule has 1 N–H and O–H groups in total. The fraction of sp³-hybridized carbons (Fsp3) is 0.455. The Kier molecular flexibility index (Phi) is 2.23. The van der Waals surface area contributed by atoms with Crippen molar-refractivity contribution >= 4 is 5.91 Å². The van der Waals surface area contributed by atoms with Gasteiger partial charge in [-0.15, -0.1) is 0 Å². The first kappa shape index (κ1) is 9.19. The Morgan fingerprint density at radius 3 is 3.07 bits per heavy atom. The number of hydrogen-bond donors (Lipinski definition) is 1. The number of nitrogens with zero attached hydrogens (tertiary/aromatic N) is 1. The van der Waals surface area contributed by atoms with Crippen molar-refractivity contribution in [2.75, 3.05) is 0 Å². The zero-order valence-electron chi connectivity index (χ0n) is 8.45. The number of rotatable bonds is 1. The third-order valence-electron chi connectivity index (χ3n) is 2.62. The van der Waals surface area contributed by atoms with Crippen LogP contribution < -0.4 is 5.32 Å². The molecule has 0 saturated heterocycles. The van der Waals surface area contributed by atoms with Crippen LogP contribution in [0.2, 0.25) is 0 Å². The van der Waals surface area contributed by atoms with Crippen LogP contribution >= 0.6 is 0 Å². The van der Waals surface area contributed by atoms with E-state index in [0.29, 0.717) is 12.5 Å². The van der Waals surface area contributed by atoms with Gasteiger partial charge < -0.3 is 5.32 Å². The van der Waals surface area contributed by atoms with Gasteiger partial charge in [0.2, 0.25) is 5.91 Å². The van der Waals surface area contributed by atoms with Crippen molar-refractivity contribution in [1.29, 1.82) is 0 Å². The molecule has 0 radical (unpaired) electrons. The Hall–Kier alpha value is -1.38. The molecule has 1 aliphatic heterocycles. The maximum atomic E-state index is 11.6. The molecular formula is C11H14N2O. The van der Waals surface area contributed by atoms with E-state index in [1.807, 2.05) is 26.0 Å². The first-order valence-corrected chi connectivity index (χ1v) is 4.91. The van der Waals surface area contributed by atoms with Gasteiger partial charge in [0.25, 0.3) is 0 Å². The van der Waals surface area contributed by atoms with E-state index in [1.54, 1.807) is 6.20 Å². The lowest BCUT2D eigenvalue weighted by molar-refractivity contribution is -0.124. The molecule has 0 bridgehead atoms. The molecule has 14 heavy (non-hydrogen) atoms. The summed E-state index contributed by atoms with van der Waals surface area (Å²) in [4.78, 5) is 16.0. The highest BCUT2D eigenvalue weighted by atomic mass is 16.1. The van der Waals surface area contributed by atoms with Gasteiger partial charge in [0.1, 0.15) is 0 Å². The van der Waals surface area contributed by atoms with Crippen LogP contribution in [0.1, 0.15) is 31.0 Å². The minimum absolute atomic E-state index is 0.0834. The highest BCUT2D eigenvalue weighted by Gasteiger charge is 2.30. The van der Waals surface area contributed by atoms with Crippen molar-refractivity contribution < 1.29 is 4.79 Å². The second-order valence-electron chi connectivity index (χ2n) is 3.99. The molecule has 0 saturated carbocycles. The number of fused-ring (bicyclic) bond motifs is 1. The summed E-state index contributed by atoms with van der Waals surface area (Å²) in [5, 5.41) is 2.89. The van der Waals surface area contributed by atoms with Gasteiger partial charge in [-0.25, -0.2) is 0 Å². The second kappa shape index (κ2) is 3.40. The first-order valence-electron chi connectivity index (χ1n) is 4.91. The quantitative estimate of drug-likeness (QED) is 0.728. The second-order valence-corrected chi connectivity index (χ2v) is 3.99. The fourth-order valence-corrected chi connectivity index (χ4v) is 1.92. The van der Waals surface area contributed by atoms with E-state index in [1.165, 1.54) is 0 Å². The van der Waals surface area contributed by atoms with Crippen molar-refractivity contribution in [3.63, 3.8) is 0 Å². The average molecular weight is 190 g/mol. The predicted octanol–water partition coefficient (Wildman–Crippen LogP) is 1.45. The maximum absolute atomic E-state index is 11.6. The number of nitrogens with one attached hydrogen (secondary N) is 1. The molecule has 1 aliphatic rings. The van der Waals surface area contributed by atoms with Gasteiger partial charge in [-0.1, -0.05) is 19.9 Å². The zero-order valence-corrected chi connectivity index (χ0v) is 8.45. The molecule has 1 amide bonds. The first-order chi connectivity index (χ1) is 6.70. The fourth-order valence-electron chi connectivity index (χ4n) is 1.92. The molecule has 74 valence electrons. The third kappa shape index (κ3) is 1.39. The van der Waals surface area contributed by atoms with E-state index in [0.717, 1.165) is 11.3 Å². The highest BCUT2D eigenvalue weighted by molar-refractivity contribution is 5.85. The van der Waals surface area contributed by atoms with Crippen molar-refractivity contribution in [3.05, 3.63) is 29.6 Å². The monoisotopic (exact) mass is 190 g/mol. The molecule has 3 heteroatoms. The van der Waals surface area contributed by atoms with Crippen LogP contribution in [0.3, 0.4) is 0 Å². The van der Waals surface area contributed by atoms with Crippen LogP contribution in [0.25, 0.3) is 0 Å². The zero-order chi connectivity index (χ0) is 10.1. The van der Waals surface area contributed by atoms with Gasteiger partial charge in [-0.3, -0.25) is 9.78 Å². The van der Waals surface area contributed by atoms with Crippen molar-refractivity contribution in [1.82, 2.24) is 10.3 Å². The van der Waals surface area contributed by atoms with Gasteiger partial charge >= 0.3 is 0 Å². The summed E-state index contributed by atoms with van der Waals surface area (Å²) in [6, 6.07) is 3.94. The molecule has 0 fully saturated rings. The van der Waals surface area contributed by atoms with E-state index in [2.05, 4.69) is 10.3 Å². The summed E-state index contributed by atoms with van der Waals surface area (Å²) in [5.74, 6) is 0.315. The normalized spacial score (nSPS) is 20.5. The molecule has 1 aromatic rings. The Balaban J connectivity index is 2.46. The SMILES string of the molecule is CC(C)C1C(=O)NCc2cccnc21. The molecular weight excluding hydrogens is 176 g/mol. The lowest BCUT2D eigenvalue weighted by atomic mass is 9.86. The number of aromatic nitrogens is 1. The van der Waals surface area contributed by atoms with Crippen LogP contribution in [0.15, 0.2) is 18.3 Å². The van der Waals surface area contributed by atoms with E-state index in [-0.39, 0.29) is 11.8 Å². The Labute approximate surface area is 83.5 Å². The van der Waals surface area contributed by atoms with E-state index in [9.17, 15) is 4.79 Å². The van der Waals surface area contributed by atoms with Crippen molar-refractivity contribution in [3.8, 4) is 0 Å². The van der Waals surface area contributed by atoms with Crippen molar-refractivity contribution in [2.24, 2.45) is 5.92 Å². The Morgan fingerprint density at radius 1 is 1.57 bits per heavy atom. The topological polar surface area (TPSA) is 42.0 Å². The average Bonchev–Trinajstić information content (AvgIpc) is 2.17. The lowest BCUT2D eigenvalue weighted by Crippen LogP contribution is -2.37. The van der Waals surface area contributed by atoms with Crippen LogP contribution in [0, 0.1) is 5.92 Å². The minimum Gasteiger partial charge on any atom is -0.351 e. The molecule has 0 aliphatic carbocycles. The van der Waals surface area contributed by atoms with Crippen LogP contribution in [-0.4, -0.2) is 10.9 Å². The number of carbonyl (C=O) groups is 1. The van der Waals surface area contributed by atoms with Gasteiger partial charge in [-0.2, -0.15) is 0 Å². The summed E-state index contributed by atoms with van der Waals surface area (Å²) in [6.45, 7) is 4.72. The molecule has 2 rings (SSSR count).